The lowest BCUT2D eigenvalue weighted by Gasteiger charge is -2.63. The highest BCUT2D eigenvalue weighted by Crippen LogP contribution is 2.68. The number of esters is 1. The number of hydrogen-bond acceptors (Lipinski definition) is 4. The van der Waals surface area contributed by atoms with E-state index in [1.54, 1.807) is 18.6 Å². The third-order valence-electron chi connectivity index (χ3n) is 9.17. The molecule has 0 N–H and O–H groups in total. The van der Waals surface area contributed by atoms with E-state index in [9.17, 15) is 9.59 Å². The summed E-state index contributed by atoms with van der Waals surface area (Å²) in [5.41, 5.74) is 2.60. The molecule has 2 fully saturated rings. The molecule has 4 nitrogen and oxygen atoms in total. The molecular formula is C27H36O4. The number of hydrogen-bond donors (Lipinski definition) is 0. The van der Waals surface area contributed by atoms with Crippen molar-refractivity contribution in [2.75, 3.05) is 7.11 Å². The van der Waals surface area contributed by atoms with Crippen LogP contribution in [0.5, 0.6) is 0 Å². The smallest absolute Gasteiger partial charge is 0.311 e. The summed E-state index contributed by atoms with van der Waals surface area (Å²) in [6.07, 6.45) is 13.9. The zero-order valence-corrected chi connectivity index (χ0v) is 19.6. The lowest BCUT2D eigenvalue weighted by molar-refractivity contribution is -0.178. The third kappa shape index (κ3) is 3.34. The van der Waals surface area contributed by atoms with Gasteiger partial charge < -0.3 is 9.15 Å². The van der Waals surface area contributed by atoms with Crippen LogP contribution in [0.1, 0.15) is 78.2 Å². The second-order valence-electron chi connectivity index (χ2n) is 10.8. The normalized spacial score (nSPS) is 38.0. The van der Waals surface area contributed by atoms with Gasteiger partial charge in [0.15, 0.2) is 5.78 Å². The molecule has 3 aliphatic rings. The Morgan fingerprint density at radius 2 is 1.90 bits per heavy atom. The molecule has 4 heteroatoms. The minimum atomic E-state index is -0.426. The van der Waals surface area contributed by atoms with E-state index in [0.29, 0.717) is 11.8 Å². The third-order valence-corrected chi connectivity index (χ3v) is 9.17. The van der Waals surface area contributed by atoms with Gasteiger partial charge in [-0.3, -0.25) is 9.59 Å². The first-order chi connectivity index (χ1) is 14.7. The van der Waals surface area contributed by atoms with Crippen molar-refractivity contribution in [2.24, 2.45) is 28.1 Å². The summed E-state index contributed by atoms with van der Waals surface area (Å²) in [5.74, 6) is 0.761. The molecule has 4 rings (SSSR count). The van der Waals surface area contributed by atoms with Gasteiger partial charge in [-0.2, -0.15) is 0 Å². The highest BCUT2D eigenvalue weighted by molar-refractivity contribution is 6.07. The molecule has 168 valence electrons. The van der Waals surface area contributed by atoms with Crippen molar-refractivity contribution < 1.29 is 18.7 Å². The summed E-state index contributed by atoms with van der Waals surface area (Å²) in [4.78, 5) is 26.3. The van der Waals surface area contributed by atoms with Gasteiger partial charge in [-0.1, -0.05) is 25.8 Å². The number of ketones is 1. The van der Waals surface area contributed by atoms with Crippen molar-refractivity contribution in [3.63, 3.8) is 0 Å². The molecule has 1 aromatic heterocycles. The quantitative estimate of drug-likeness (QED) is 0.416. The van der Waals surface area contributed by atoms with Crippen molar-refractivity contribution in [3.8, 4) is 0 Å². The summed E-state index contributed by atoms with van der Waals surface area (Å²) < 4.78 is 10.4. The number of fused-ring (bicyclic) bond motifs is 3. The lowest BCUT2D eigenvalue weighted by Crippen LogP contribution is -2.59. The molecule has 2 saturated carbocycles. The van der Waals surface area contributed by atoms with Crippen LogP contribution in [0.4, 0.5) is 0 Å². The van der Waals surface area contributed by atoms with E-state index in [-0.39, 0.29) is 22.6 Å². The van der Waals surface area contributed by atoms with Crippen molar-refractivity contribution in [1.29, 1.82) is 0 Å². The number of allylic oxidation sites excluding steroid dienone is 3. The summed E-state index contributed by atoms with van der Waals surface area (Å²) in [6, 6.07) is 1.86. The van der Waals surface area contributed by atoms with Crippen LogP contribution in [0.15, 0.2) is 40.2 Å². The van der Waals surface area contributed by atoms with Crippen molar-refractivity contribution in [2.45, 2.75) is 72.6 Å². The first kappa shape index (κ1) is 22.1. The summed E-state index contributed by atoms with van der Waals surface area (Å²) in [7, 11) is 1.52. The highest BCUT2D eigenvalue weighted by atomic mass is 16.5. The average Bonchev–Trinajstić information content (AvgIpc) is 3.24. The van der Waals surface area contributed by atoms with Gasteiger partial charge in [0.05, 0.1) is 25.1 Å². The molecule has 1 heterocycles. The Morgan fingerprint density at radius 1 is 1.13 bits per heavy atom. The fourth-order valence-corrected chi connectivity index (χ4v) is 7.84. The van der Waals surface area contributed by atoms with Crippen LogP contribution < -0.4 is 0 Å². The van der Waals surface area contributed by atoms with Crippen molar-refractivity contribution >= 4 is 17.8 Å². The number of methoxy groups -OCH3 is 1. The van der Waals surface area contributed by atoms with E-state index < -0.39 is 5.41 Å². The van der Waals surface area contributed by atoms with Gasteiger partial charge in [-0.15, -0.1) is 0 Å². The molecule has 0 amide bonds. The fourth-order valence-electron chi connectivity index (χ4n) is 7.84. The maximum atomic E-state index is 13.5. The van der Waals surface area contributed by atoms with Crippen LogP contribution in [0, 0.1) is 28.1 Å². The van der Waals surface area contributed by atoms with Crippen molar-refractivity contribution in [1.82, 2.24) is 0 Å². The van der Waals surface area contributed by atoms with Gasteiger partial charge in [-0.25, -0.2) is 0 Å². The molecule has 0 aromatic carbocycles. The zero-order chi connectivity index (χ0) is 22.4. The maximum absolute atomic E-state index is 13.5. The van der Waals surface area contributed by atoms with Gasteiger partial charge in [0, 0.05) is 11.1 Å². The van der Waals surface area contributed by atoms with E-state index in [2.05, 4.69) is 27.7 Å². The standard InChI is InChI=1S/C27H36O4/c1-18-7-10-21-25(2)13-6-14-27(4,24(29)30-5)22(25)11-15-26(21,3)23(18)20(28)9-8-19-12-16-31-17-19/h8-9,12,16-17,21-22H,6-7,10-11,13-15H2,1-5H3/b9-8+/t21?,22?,25-,26-,27+/m1/s1. The van der Waals surface area contributed by atoms with Crippen LogP contribution >= 0.6 is 0 Å². The van der Waals surface area contributed by atoms with E-state index in [1.165, 1.54) is 12.7 Å². The minimum absolute atomic E-state index is 0.0364. The van der Waals surface area contributed by atoms with Gasteiger partial charge in [0.2, 0.25) is 0 Å². The van der Waals surface area contributed by atoms with Crippen molar-refractivity contribution in [3.05, 3.63) is 41.4 Å². The fraction of sp³-hybridized carbons (Fsp3) is 0.630. The van der Waals surface area contributed by atoms with Gasteiger partial charge >= 0.3 is 5.97 Å². The molecule has 0 spiro atoms. The second-order valence-corrected chi connectivity index (χ2v) is 10.8. The first-order valence-corrected chi connectivity index (χ1v) is 11.7. The Bertz CT molecular complexity index is 923. The topological polar surface area (TPSA) is 56.5 Å². The Labute approximate surface area is 186 Å². The molecule has 0 aliphatic heterocycles. The summed E-state index contributed by atoms with van der Waals surface area (Å²) >= 11 is 0. The molecule has 2 unspecified atom stereocenters. The number of ether oxygens (including phenoxy) is 1. The van der Waals surface area contributed by atoms with Crippen LogP contribution in [0.25, 0.3) is 6.08 Å². The molecule has 0 saturated heterocycles. The Kier molecular flexibility index (Phi) is 5.56. The van der Waals surface area contributed by atoms with Gasteiger partial charge in [-0.05, 0) is 93.3 Å². The number of rotatable bonds is 4. The second kappa shape index (κ2) is 7.79. The van der Waals surface area contributed by atoms with E-state index in [0.717, 1.165) is 56.1 Å². The Morgan fingerprint density at radius 3 is 2.58 bits per heavy atom. The van der Waals surface area contributed by atoms with Gasteiger partial charge in [0.1, 0.15) is 0 Å². The number of furan rings is 1. The molecule has 5 atom stereocenters. The summed E-state index contributed by atoms with van der Waals surface area (Å²) in [6.45, 7) is 8.95. The molecule has 1 aromatic rings. The van der Waals surface area contributed by atoms with E-state index >= 15 is 0 Å². The largest absolute Gasteiger partial charge is 0.472 e. The average molecular weight is 425 g/mol. The summed E-state index contributed by atoms with van der Waals surface area (Å²) in [5, 5.41) is 0. The zero-order valence-electron chi connectivity index (χ0n) is 19.6. The van der Waals surface area contributed by atoms with Crippen LogP contribution in [0.3, 0.4) is 0 Å². The van der Waals surface area contributed by atoms with E-state index in [1.807, 2.05) is 12.1 Å². The number of carbonyl (C=O) groups is 2. The predicted molar refractivity (Wildman–Crippen MR) is 121 cm³/mol. The number of carbonyl (C=O) groups excluding carboxylic acids is 2. The molecule has 0 bridgehead atoms. The lowest BCUT2D eigenvalue weighted by atomic mass is 9.40. The molecule has 0 radical (unpaired) electrons. The van der Waals surface area contributed by atoms with Crippen LogP contribution in [-0.4, -0.2) is 18.9 Å². The van der Waals surface area contributed by atoms with E-state index in [4.69, 9.17) is 9.15 Å². The van der Waals surface area contributed by atoms with Crippen LogP contribution in [-0.2, 0) is 14.3 Å². The molecular weight excluding hydrogens is 388 g/mol. The Hall–Kier alpha value is -2.10. The SMILES string of the molecule is COC(=O)[C@@]1(C)CCC[C@]2(C)C3CCC(C)=C(C(=O)/C=C/c4ccoc4)[C@]3(C)CCC21. The minimum Gasteiger partial charge on any atom is -0.472 e. The Balaban J connectivity index is 1.70. The molecule has 31 heavy (non-hydrogen) atoms. The maximum Gasteiger partial charge on any atom is 0.311 e. The molecule has 3 aliphatic carbocycles. The monoisotopic (exact) mass is 424 g/mol. The van der Waals surface area contributed by atoms with Crippen LogP contribution in [0.2, 0.25) is 0 Å². The highest BCUT2D eigenvalue weighted by Gasteiger charge is 2.63. The van der Waals surface area contributed by atoms with Gasteiger partial charge in [0.25, 0.3) is 0 Å². The first-order valence-electron chi connectivity index (χ1n) is 11.7. The predicted octanol–water partition coefficient (Wildman–Crippen LogP) is 6.37.